The number of ether oxygens (including phenoxy) is 1. The summed E-state index contributed by atoms with van der Waals surface area (Å²) < 4.78 is 4.62. The summed E-state index contributed by atoms with van der Waals surface area (Å²) in [5, 5.41) is 7.89. The van der Waals surface area contributed by atoms with Crippen molar-refractivity contribution >= 4 is 17.9 Å². The first-order valence-corrected chi connectivity index (χ1v) is 2.48. The molecule has 0 amide bonds. The number of hydrogen-bond acceptors (Lipinski definition) is 4. The molecular weight excluding hydrogens is 163 g/mol. The van der Waals surface area contributed by atoms with Gasteiger partial charge in [-0.1, -0.05) is 0 Å². The molecule has 0 fully saturated rings. The van der Waals surface area contributed by atoms with E-state index in [1.807, 2.05) is 0 Å². The fourth-order valence-corrected chi connectivity index (χ4v) is 0.355. The molecule has 0 aromatic carbocycles. The molecular formula is C4H5KN2OS. The maximum absolute atomic E-state index is 7.88. The van der Waals surface area contributed by atoms with E-state index in [4.69, 9.17) is 5.26 Å². The SMILES string of the molecule is CCOC([S-])=NC#N.[K+]. The standard InChI is InChI=1S/C4H6N2OS.K/c1-2-7-4(8)6-3-5;/h2H2,1H3,(H,6,8);/q;+1/p-1. The zero-order chi connectivity index (χ0) is 6.41. The van der Waals surface area contributed by atoms with E-state index in [0.717, 1.165) is 0 Å². The summed E-state index contributed by atoms with van der Waals surface area (Å²) in [7, 11) is 0. The van der Waals surface area contributed by atoms with Gasteiger partial charge in [-0.05, 0) is 6.92 Å². The number of nitrogens with zero attached hydrogens (tertiary/aromatic N) is 2. The Bertz CT molecular complexity index is 131. The van der Waals surface area contributed by atoms with Gasteiger partial charge in [-0.3, -0.25) is 0 Å². The molecule has 0 radical (unpaired) electrons. The largest absolute Gasteiger partial charge is 1.00 e. The van der Waals surface area contributed by atoms with Crippen molar-refractivity contribution in [1.29, 1.82) is 5.26 Å². The average Bonchev–Trinajstić information content (AvgIpc) is 1.68. The molecule has 0 aromatic rings. The van der Waals surface area contributed by atoms with E-state index in [2.05, 4.69) is 22.4 Å². The minimum absolute atomic E-state index is 0. The Kier molecular flexibility index (Phi) is 12.2. The number of rotatable bonds is 1. The Hall–Kier alpha value is 0.816. The smallest absolute Gasteiger partial charge is 0.721 e. The summed E-state index contributed by atoms with van der Waals surface area (Å²) in [5.74, 6) is 0. The Morgan fingerprint density at radius 2 is 2.44 bits per heavy atom. The predicted molar refractivity (Wildman–Crippen MR) is 32.0 cm³/mol. The first-order valence-electron chi connectivity index (χ1n) is 2.07. The molecule has 0 spiro atoms. The van der Waals surface area contributed by atoms with Gasteiger partial charge in [-0.15, -0.1) is 0 Å². The van der Waals surface area contributed by atoms with Crippen molar-refractivity contribution in [3.63, 3.8) is 0 Å². The van der Waals surface area contributed by atoms with Gasteiger partial charge in [0, 0.05) is 0 Å². The molecule has 44 valence electrons. The van der Waals surface area contributed by atoms with E-state index >= 15 is 0 Å². The summed E-state index contributed by atoms with van der Waals surface area (Å²) in [5.41, 5.74) is 0. The van der Waals surface area contributed by atoms with Gasteiger partial charge in [-0.25, -0.2) is 0 Å². The maximum Gasteiger partial charge on any atom is 1.00 e. The van der Waals surface area contributed by atoms with Crippen molar-refractivity contribution in [2.24, 2.45) is 4.99 Å². The van der Waals surface area contributed by atoms with Crippen LogP contribution in [0.1, 0.15) is 6.92 Å². The van der Waals surface area contributed by atoms with E-state index in [1.165, 1.54) is 6.19 Å². The Balaban J connectivity index is 0. The molecule has 0 rings (SSSR count). The zero-order valence-electron chi connectivity index (χ0n) is 5.42. The maximum atomic E-state index is 7.88. The van der Waals surface area contributed by atoms with E-state index in [0.29, 0.717) is 6.61 Å². The van der Waals surface area contributed by atoms with E-state index in [-0.39, 0.29) is 56.6 Å². The van der Waals surface area contributed by atoms with Crippen molar-refractivity contribution in [2.45, 2.75) is 6.92 Å². The van der Waals surface area contributed by atoms with Crippen LogP contribution in [-0.2, 0) is 17.4 Å². The van der Waals surface area contributed by atoms with Crippen LogP contribution in [0.4, 0.5) is 0 Å². The number of hydrogen-bond donors (Lipinski definition) is 0. The summed E-state index contributed by atoms with van der Waals surface area (Å²) in [6.07, 6.45) is 1.51. The molecule has 0 saturated heterocycles. The van der Waals surface area contributed by atoms with Crippen LogP contribution < -0.4 is 51.4 Å². The van der Waals surface area contributed by atoms with Crippen LogP contribution in [0.2, 0.25) is 0 Å². The van der Waals surface area contributed by atoms with Crippen LogP contribution >= 0.6 is 0 Å². The topological polar surface area (TPSA) is 45.4 Å². The molecule has 3 nitrogen and oxygen atoms in total. The minimum atomic E-state index is 0. The van der Waals surface area contributed by atoms with Gasteiger partial charge in [0.05, 0.1) is 11.8 Å². The normalized spacial score (nSPS) is 9.11. The van der Waals surface area contributed by atoms with Crippen LogP contribution in [0.15, 0.2) is 4.99 Å². The van der Waals surface area contributed by atoms with E-state index < -0.39 is 0 Å². The van der Waals surface area contributed by atoms with Crippen LogP contribution in [0.3, 0.4) is 0 Å². The molecule has 0 aromatic heterocycles. The second kappa shape index (κ2) is 8.82. The van der Waals surface area contributed by atoms with Crippen molar-refractivity contribution in [3.05, 3.63) is 0 Å². The fraction of sp³-hybridized carbons (Fsp3) is 0.500. The molecule has 0 aliphatic rings. The Morgan fingerprint density at radius 1 is 1.89 bits per heavy atom. The summed E-state index contributed by atoms with van der Waals surface area (Å²) in [6, 6.07) is 0. The molecule has 0 heterocycles. The third kappa shape index (κ3) is 8.82. The monoisotopic (exact) mass is 168 g/mol. The summed E-state index contributed by atoms with van der Waals surface area (Å²) in [6.45, 7) is 2.24. The summed E-state index contributed by atoms with van der Waals surface area (Å²) in [4.78, 5) is 3.13. The van der Waals surface area contributed by atoms with Gasteiger partial charge in [0.1, 0.15) is 0 Å². The molecule has 0 aliphatic heterocycles. The average molecular weight is 168 g/mol. The molecule has 0 atom stereocenters. The number of nitriles is 1. The van der Waals surface area contributed by atoms with E-state index in [9.17, 15) is 0 Å². The molecule has 5 heteroatoms. The van der Waals surface area contributed by atoms with E-state index in [1.54, 1.807) is 6.92 Å². The molecule has 0 aliphatic carbocycles. The third-order valence-corrected chi connectivity index (χ3v) is 0.618. The summed E-state index contributed by atoms with van der Waals surface area (Å²) >= 11 is 4.44. The van der Waals surface area contributed by atoms with Gasteiger partial charge in [0.25, 0.3) is 0 Å². The molecule has 0 saturated carbocycles. The van der Waals surface area contributed by atoms with Gasteiger partial charge < -0.3 is 17.4 Å². The van der Waals surface area contributed by atoms with Gasteiger partial charge in [0.15, 0.2) is 0 Å². The Morgan fingerprint density at radius 3 is 2.78 bits per heavy atom. The van der Waals surface area contributed by atoms with Gasteiger partial charge in [-0.2, -0.15) is 10.3 Å². The zero-order valence-corrected chi connectivity index (χ0v) is 9.36. The fourth-order valence-electron chi connectivity index (χ4n) is 0.197. The first kappa shape index (κ1) is 12.5. The third-order valence-electron chi connectivity index (χ3n) is 0.409. The minimum Gasteiger partial charge on any atom is -0.721 e. The first-order chi connectivity index (χ1) is 3.81. The number of aliphatic imine (C=N–C) groups is 1. The van der Waals surface area contributed by atoms with Crippen molar-refractivity contribution in [3.8, 4) is 6.19 Å². The van der Waals surface area contributed by atoms with Crippen molar-refractivity contribution in [1.82, 2.24) is 0 Å². The van der Waals surface area contributed by atoms with Crippen LogP contribution in [0.5, 0.6) is 0 Å². The quantitative estimate of drug-likeness (QED) is 0.142. The van der Waals surface area contributed by atoms with Gasteiger partial charge in [0.2, 0.25) is 6.19 Å². The molecule has 0 unspecified atom stereocenters. The van der Waals surface area contributed by atoms with Crippen LogP contribution in [0.25, 0.3) is 0 Å². The predicted octanol–water partition coefficient (Wildman–Crippen LogP) is -2.59. The molecule has 0 N–H and O–H groups in total. The molecule has 0 bridgehead atoms. The van der Waals surface area contributed by atoms with Crippen LogP contribution in [0, 0.1) is 11.5 Å². The second-order valence-electron chi connectivity index (χ2n) is 0.911. The molecule has 9 heavy (non-hydrogen) atoms. The van der Waals surface area contributed by atoms with Gasteiger partial charge >= 0.3 is 51.4 Å². The second-order valence-corrected chi connectivity index (χ2v) is 1.26. The van der Waals surface area contributed by atoms with Crippen molar-refractivity contribution in [2.75, 3.05) is 6.61 Å². The van der Waals surface area contributed by atoms with Crippen molar-refractivity contribution < 1.29 is 56.1 Å². The van der Waals surface area contributed by atoms with Crippen LogP contribution in [-0.4, -0.2) is 11.8 Å². The Labute approximate surface area is 102 Å².